The van der Waals surface area contributed by atoms with E-state index in [0.29, 0.717) is 0 Å². The molecule has 2 nitrogen and oxygen atoms in total. The van der Waals surface area contributed by atoms with E-state index in [9.17, 15) is 0 Å². The highest BCUT2D eigenvalue weighted by atomic mass is 15.1. The summed E-state index contributed by atoms with van der Waals surface area (Å²) in [7, 11) is 0. The zero-order valence-corrected chi connectivity index (χ0v) is 35.1. The van der Waals surface area contributed by atoms with Crippen LogP contribution in [-0.2, 0) is 0 Å². The lowest BCUT2D eigenvalue weighted by atomic mass is 9.96. The number of hydrogen-bond donors (Lipinski definition) is 0. The molecule has 0 saturated carbocycles. The normalized spacial score (nSPS) is 11.4. The summed E-state index contributed by atoms with van der Waals surface area (Å²) in [6.07, 6.45) is 0. The second-order valence-electron chi connectivity index (χ2n) is 16.5. The Labute approximate surface area is 373 Å². The van der Waals surface area contributed by atoms with Gasteiger partial charge in [-0.05, 0) is 104 Å². The van der Waals surface area contributed by atoms with Gasteiger partial charge in [0.1, 0.15) is 0 Å². The first-order chi connectivity index (χ1) is 31.8. The molecule has 0 aliphatic carbocycles. The van der Waals surface area contributed by atoms with Crippen LogP contribution in [0, 0.1) is 0 Å². The van der Waals surface area contributed by atoms with Gasteiger partial charge in [0.05, 0.1) is 28.1 Å². The maximum atomic E-state index is 2.48. The van der Waals surface area contributed by atoms with Crippen molar-refractivity contribution >= 4 is 60.4 Å². The largest absolute Gasteiger partial charge is 0.309 e. The number of para-hydroxylation sites is 2. The zero-order valence-electron chi connectivity index (χ0n) is 35.1. The van der Waals surface area contributed by atoms with Crippen molar-refractivity contribution in [3.05, 3.63) is 255 Å². The Kier molecular flexibility index (Phi) is 9.20. The molecular weight excluding hydrogens is 773 g/mol. The third kappa shape index (κ3) is 6.44. The molecule has 300 valence electrons. The third-order valence-electron chi connectivity index (χ3n) is 12.8. The Hall–Kier alpha value is -8.46. The van der Waals surface area contributed by atoms with E-state index < -0.39 is 0 Å². The van der Waals surface area contributed by atoms with Crippen LogP contribution in [0.1, 0.15) is 0 Å². The van der Waals surface area contributed by atoms with Crippen LogP contribution in [0.4, 0.5) is 17.1 Å². The van der Waals surface area contributed by atoms with Crippen molar-refractivity contribution in [3.8, 4) is 50.2 Å². The van der Waals surface area contributed by atoms with Gasteiger partial charge in [0.25, 0.3) is 0 Å². The SMILES string of the molecule is c1ccc(-c2cccc(N(c3ccccc3-c3ccccc3-n3c4ccc(-c5ccccc5)cc4c4cc(-c5ccccc5)ccc43)c3cc4ccccc4c4ccccc34)c2)cc1. The Balaban J connectivity index is 1.12. The minimum Gasteiger partial charge on any atom is -0.309 e. The first kappa shape index (κ1) is 37.3. The molecule has 2 heteroatoms. The van der Waals surface area contributed by atoms with Crippen molar-refractivity contribution in [2.75, 3.05) is 4.90 Å². The van der Waals surface area contributed by atoms with Gasteiger partial charge >= 0.3 is 0 Å². The van der Waals surface area contributed by atoms with Gasteiger partial charge in [0.15, 0.2) is 0 Å². The van der Waals surface area contributed by atoms with Crippen LogP contribution in [0.3, 0.4) is 0 Å². The summed E-state index contributed by atoms with van der Waals surface area (Å²) in [5.41, 5.74) is 16.2. The fraction of sp³-hybridized carbons (Fsp3) is 0. The van der Waals surface area contributed by atoms with Gasteiger partial charge in [-0.1, -0.05) is 200 Å². The van der Waals surface area contributed by atoms with Gasteiger partial charge in [-0.3, -0.25) is 0 Å². The number of anilines is 3. The second kappa shape index (κ2) is 15.8. The van der Waals surface area contributed by atoms with E-state index in [1.54, 1.807) is 0 Å². The summed E-state index contributed by atoms with van der Waals surface area (Å²) >= 11 is 0. The lowest BCUT2D eigenvalue weighted by Crippen LogP contribution is -2.12. The maximum Gasteiger partial charge on any atom is 0.0546 e. The predicted molar refractivity (Wildman–Crippen MR) is 272 cm³/mol. The van der Waals surface area contributed by atoms with Crippen LogP contribution in [0.5, 0.6) is 0 Å². The number of rotatable bonds is 8. The van der Waals surface area contributed by atoms with Crippen LogP contribution >= 0.6 is 0 Å². The molecule has 0 atom stereocenters. The summed E-state index contributed by atoms with van der Waals surface area (Å²) in [6, 6.07) is 92.8. The number of hydrogen-bond acceptors (Lipinski definition) is 1. The van der Waals surface area contributed by atoms with E-state index >= 15 is 0 Å². The van der Waals surface area contributed by atoms with Gasteiger partial charge in [-0.25, -0.2) is 0 Å². The van der Waals surface area contributed by atoms with Crippen molar-refractivity contribution in [1.29, 1.82) is 0 Å². The number of aromatic nitrogens is 1. The first-order valence-corrected chi connectivity index (χ1v) is 22.0. The van der Waals surface area contributed by atoms with E-state index in [1.165, 1.54) is 65.7 Å². The topological polar surface area (TPSA) is 8.17 Å². The van der Waals surface area contributed by atoms with Crippen LogP contribution < -0.4 is 4.90 Å². The monoisotopic (exact) mass is 814 g/mol. The van der Waals surface area contributed by atoms with Crippen molar-refractivity contribution in [2.45, 2.75) is 0 Å². The summed E-state index contributed by atoms with van der Waals surface area (Å²) < 4.78 is 2.48. The molecular formula is C62H42N2. The molecule has 0 bridgehead atoms. The maximum absolute atomic E-state index is 2.48. The fourth-order valence-corrected chi connectivity index (χ4v) is 9.78. The van der Waals surface area contributed by atoms with Crippen LogP contribution in [-0.4, -0.2) is 4.57 Å². The molecule has 0 unspecified atom stereocenters. The molecule has 0 fully saturated rings. The molecule has 0 saturated heterocycles. The van der Waals surface area contributed by atoms with Gasteiger partial charge in [0.2, 0.25) is 0 Å². The molecule has 0 N–H and O–H groups in total. The zero-order chi connectivity index (χ0) is 42.4. The molecule has 0 spiro atoms. The minimum atomic E-state index is 1.09. The van der Waals surface area contributed by atoms with E-state index in [1.807, 2.05) is 0 Å². The lowest BCUT2D eigenvalue weighted by Gasteiger charge is -2.30. The quantitative estimate of drug-likeness (QED) is 0.139. The molecule has 1 aromatic heterocycles. The van der Waals surface area contributed by atoms with Crippen LogP contribution in [0.15, 0.2) is 255 Å². The minimum absolute atomic E-state index is 1.09. The smallest absolute Gasteiger partial charge is 0.0546 e. The van der Waals surface area contributed by atoms with E-state index in [-0.39, 0.29) is 0 Å². The fourth-order valence-electron chi connectivity index (χ4n) is 9.78. The number of fused-ring (bicyclic) bond motifs is 6. The lowest BCUT2D eigenvalue weighted by molar-refractivity contribution is 1.18. The van der Waals surface area contributed by atoms with Crippen LogP contribution in [0.2, 0.25) is 0 Å². The van der Waals surface area contributed by atoms with E-state index in [2.05, 4.69) is 264 Å². The Morgan fingerprint density at radius 3 is 1.39 bits per heavy atom. The van der Waals surface area contributed by atoms with Crippen molar-refractivity contribution in [3.63, 3.8) is 0 Å². The molecule has 1 heterocycles. The van der Waals surface area contributed by atoms with Gasteiger partial charge < -0.3 is 9.47 Å². The summed E-state index contributed by atoms with van der Waals surface area (Å²) in [5, 5.41) is 7.32. The highest BCUT2D eigenvalue weighted by molar-refractivity contribution is 6.16. The van der Waals surface area contributed by atoms with Gasteiger partial charge in [0, 0.05) is 33.0 Å². The molecule has 0 amide bonds. The van der Waals surface area contributed by atoms with Gasteiger partial charge in [-0.15, -0.1) is 0 Å². The van der Waals surface area contributed by atoms with Crippen molar-refractivity contribution in [2.24, 2.45) is 0 Å². The molecule has 0 aliphatic heterocycles. The Bertz CT molecular complexity index is 3560. The average molecular weight is 815 g/mol. The van der Waals surface area contributed by atoms with Crippen LogP contribution in [0.25, 0.3) is 93.5 Å². The highest BCUT2D eigenvalue weighted by Gasteiger charge is 2.24. The number of nitrogens with zero attached hydrogens (tertiary/aromatic N) is 2. The van der Waals surface area contributed by atoms with E-state index in [0.717, 1.165) is 44.9 Å². The summed E-state index contributed by atoms with van der Waals surface area (Å²) in [6.45, 7) is 0. The highest BCUT2D eigenvalue weighted by Crippen LogP contribution is 2.48. The summed E-state index contributed by atoms with van der Waals surface area (Å²) in [4.78, 5) is 2.48. The van der Waals surface area contributed by atoms with Crippen molar-refractivity contribution in [1.82, 2.24) is 4.57 Å². The Morgan fingerprint density at radius 1 is 0.266 bits per heavy atom. The molecule has 11 aromatic carbocycles. The van der Waals surface area contributed by atoms with Gasteiger partial charge in [-0.2, -0.15) is 0 Å². The first-order valence-electron chi connectivity index (χ1n) is 22.0. The standard InChI is InChI=1S/C62H42N2/c1-4-19-43(20-5-1)46-26-18-27-50(39-46)63(62-42-49-25-10-11-28-51(49)52-29-12-13-30-53(52)62)58-33-16-14-31-54(58)55-32-15-17-34-59(55)64-60-37-35-47(44-21-6-2-7-22-44)40-56(60)57-41-48(36-38-61(57)64)45-23-8-3-9-24-45/h1-42H. The molecule has 0 aliphatic rings. The average Bonchev–Trinajstić information content (AvgIpc) is 3.70. The molecule has 64 heavy (non-hydrogen) atoms. The number of benzene rings is 11. The molecule has 12 rings (SSSR count). The molecule has 12 aromatic rings. The van der Waals surface area contributed by atoms with E-state index in [4.69, 9.17) is 0 Å². The van der Waals surface area contributed by atoms with Crippen molar-refractivity contribution < 1.29 is 0 Å². The second-order valence-corrected chi connectivity index (χ2v) is 16.5. The Morgan fingerprint density at radius 2 is 0.750 bits per heavy atom. The summed E-state index contributed by atoms with van der Waals surface area (Å²) in [5.74, 6) is 0. The third-order valence-corrected chi connectivity index (χ3v) is 12.8. The molecule has 0 radical (unpaired) electrons. The predicted octanol–water partition coefficient (Wildman–Crippen LogP) is 17.2.